The number of halogens is 1. The minimum absolute atomic E-state index is 0.287. The van der Waals surface area contributed by atoms with E-state index >= 15 is 0 Å². The summed E-state index contributed by atoms with van der Waals surface area (Å²) in [4.78, 5) is 38.5. The molecule has 7 heteroatoms. The molecule has 0 saturated carbocycles. The van der Waals surface area contributed by atoms with Crippen LogP contribution in [0.4, 0.5) is 4.39 Å². The van der Waals surface area contributed by atoms with Crippen LogP contribution in [0.25, 0.3) is 0 Å². The first-order chi connectivity index (χ1) is 14.5. The van der Waals surface area contributed by atoms with Gasteiger partial charge in [-0.15, -0.1) is 0 Å². The van der Waals surface area contributed by atoms with Gasteiger partial charge >= 0.3 is 0 Å². The Morgan fingerprint density at radius 2 is 1.73 bits per heavy atom. The van der Waals surface area contributed by atoms with Crippen LogP contribution in [0.15, 0.2) is 42.5 Å². The average Bonchev–Trinajstić information content (AvgIpc) is 2.99. The number of nitrogens with zero attached hydrogens (tertiary/aromatic N) is 1. The number of benzene rings is 2. The summed E-state index contributed by atoms with van der Waals surface area (Å²) < 4.78 is 18.3. The lowest BCUT2D eigenvalue weighted by atomic mass is 10.1. The van der Waals surface area contributed by atoms with Gasteiger partial charge in [0.2, 0.25) is 0 Å². The third kappa shape index (κ3) is 5.03. The number of fused-ring (bicyclic) bond motifs is 1. The molecule has 2 aromatic carbocycles. The summed E-state index contributed by atoms with van der Waals surface area (Å²) in [6.07, 6.45) is 3.07. The molecular weight excluding hydrogens is 387 g/mol. The van der Waals surface area contributed by atoms with E-state index < -0.39 is 0 Å². The molecule has 0 saturated heterocycles. The molecule has 0 atom stereocenters. The fraction of sp³-hybridized carbons (Fsp3) is 0.348. The van der Waals surface area contributed by atoms with Crippen molar-refractivity contribution in [2.24, 2.45) is 0 Å². The maximum atomic E-state index is 12.8. The van der Waals surface area contributed by atoms with Gasteiger partial charge in [0, 0.05) is 18.7 Å². The van der Waals surface area contributed by atoms with Crippen molar-refractivity contribution in [3.05, 3.63) is 65.0 Å². The van der Waals surface area contributed by atoms with Crippen LogP contribution in [0.1, 0.15) is 63.7 Å². The highest BCUT2D eigenvalue weighted by molar-refractivity contribution is 6.22. The van der Waals surface area contributed by atoms with Crippen molar-refractivity contribution in [1.82, 2.24) is 10.2 Å². The second kappa shape index (κ2) is 10.0. The Kier molecular flexibility index (Phi) is 7.17. The Hall–Kier alpha value is -3.22. The van der Waals surface area contributed by atoms with E-state index in [-0.39, 0.29) is 29.1 Å². The number of unbranched alkanes of at least 4 members (excludes halogenated alkanes) is 2. The van der Waals surface area contributed by atoms with Gasteiger partial charge in [0.1, 0.15) is 11.6 Å². The van der Waals surface area contributed by atoms with Crippen LogP contribution in [0.2, 0.25) is 0 Å². The van der Waals surface area contributed by atoms with Crippen LogP contribution in [-0.2, 0) is 0 Å². The summed E-state index contributed by atoms with van der Waals surface area (Å²) >= 11 is 0. The standard InChI is InChI=1S/C23H25FN2O4/c1-2-3-13-26-22(28)19-11-6-16(15-20(19)23(26)29)21(27)25-12-4-5-14-30-18-9-7-17(24)8-10-18/h6-11,15H,2-5,12-14H2,1H3,(H,25,27). The first kappa shape index (κ1) is 21.5. The van der Waals surface area contributed by atoms with Crippen LogP contribution in [0, 0.1) is 5.82 Å². The SMILES string of the molecule is CCCCN1C(=O)c2ccc(C(=O)NCCCCOc3ccc(F)cc3)cc2C1=O. The van der Waals surface area contributed by atoms with Crippen molar-refractivity contribution < 1.29 is 23.5 Å². The molecule has 1 N–H and O–H groups in total. The Labute approximate surface area is 175 Å². The van der Waals surface area contributed by atoms with E-state index in [2.05, 4.69) is 5.32 Å². The summed E-state index contributed by atoms with van der Waals surface area (Å²) in [5.74, 6) is -0.626. The molecule has 6 nitrogen and oxygen atoms in total. The molecule has 158 valence electrons. The quantitative estimate of drug-likeness (QED) is 0.476. The molecule has 3 rings (SSSR count). The van der Waals surface area contributed by atoms with Gasteiger partial charge in [-0.1, -0.05) is 13.3 Å². The molecule has 30 heavy (non-hydrogen) atoms. The van der Waals surface area contributed by atoms with Crippen molar-refractivity contribution in [3.8, 4) is 5.75 Å². The Morgan fingerprint density at radius 3 is 2.47 bits per heavy atom. The monoisotopic (exact) mass is 412 g/mol. The van der Waals surface area contributed by atoms with Crippen LogP contribution in [0.3, 0.4) is 0 Å². The molecule has 1 aliphatic heterocycles. The van der Waals surface area contributed by atoms with Gasteiger partial charge in [0.05, 0.1) is 17.7 Å². The summed E-state index contributed by atoms with van der Waals surface area (Å²) in [5, 5.41) is 2.81. The second-order valence-corrected chi connectivity index (χ2v) is 7.14. The molecule has 0 radical (unpaired) electrons. The number of ether oxygens (including phenoxy) is 1. The number of carbonyl (C=O) groups excluding carboxylic acids is 3. The lowest BCUT2D eigenvalue weighted by Gasteiger charge is -2.12. The first-order valence-corrected chi connectivity index (χ1v) is 10.2. The number of rotatable bonds is 10. The van der Waals surface area contributed by atoms with Gasteiger partial charge in [0.15, 0.2) is 0 Å². The van der Waals surface area contributed by atoms with Gasteiger partial charge in [-0.25, -0.2) is 4.39 Å². The number of carbonyl (C=O) groups is 3. The first-order valence-electron chi connectivity index (χ1n) is 10.2. The maximum Gasteiger partial charge on any atom is 0.261 e. The maximum absolute atomic E-state index is 12.8. The summed E-state index contributed by atoms with van der Waals surface area (Å²) in [6.45, 7) is 3.31. The zero-order chi connectivity index (χ0) is 21.5. The van der Waals surface area contributed by atoms with Crippen LogP contribution < -0.4 is 10.1 Å². The van der Waals surface area contributed by atoms with Gasteiger partial charge in [-0.05, 0) is 61.7 Å². The number of hydrogen-bond donors (Lipinski definition) is 1. The van der Waals surface area contributed by atoms with E-state index in [1.807, 2.05) is 6.92 Å². The third-order valence-corrected chi connectivity index (χ3v) is 4.91. The van der Waals surface area contributed by atoms with E-state index in [1.54, 1.807) is 24.3 Å². The minimum atomic E-state index is -0.337. The van der Waals surface area contributed by atoms with E-state index in [1.165, 1.54) is 23.1 Å². The van der Waals surface area contributed by atoms with E-state index in [9.17, 15) is 18.8 Å². The van der Waals surface area contributed by atoms with Crippen LogP contribution in [-0.4, -0.2) is 42.3 Å². The molecule has 0 aliphatic carbocycles. The van der Waals surface area contributed by atoms with Crippen molar-refractivity contribution >= 4 is 17.7 Å². The van der Waals surface area contributed by atoms with Crippen molar-refractivity contribution in [2.45, 2.75) is 32.6 Å². The van der Waals surface area contributed by atoms with Gasteiger partial charge in [-0.3, -0.25) is 19.3 Å². The fourth-order valence-electron chi connectivity index (χ4n) is 3.20. The predicted molar refractivity (Wildman–Crippen MR) is 110 cm³/mol. The predicted octanol–water partition coefficient (Wildman–Crippen LogP) is 3.81. The zero-order valence-corrected chi connectivity index (χ0v) is 16.9. The Balaban J connectivity index is 1.45. The lowest BCUT2D eigenvalue weighted by Crippen LogP contribution is -2.30. The fourth-order valence-corrected chi connectivity index (χ4v) is 3.20. The molecule has 1 aliphatic rings. The minimum Gasteiger partial charge on any atom is -0.494 e. The Morgan fingerprint density at radius 1 is 1.00 bits per heavy atom. The largest absolute Gasteiger partial charge is 0.494 e. The van der Waals surface area contributed by atoms with E-state index in [4.69, 9.17) is 4.74 Å². The highest BCUT2D eigenvalue weighted by Crippen LogP contribution is 2.24. The molecule has 0 fully saturated rings. The number of amides is 3. The van der Waals surface area contributed by atoms with Crippen LogP contribution in [0.5, 0.6) is 5.75 Å². The molecule has 3 amide bonds. The van der Waals surface area contributed by atoms with Gasteiger partial charge in [-0.2, -0.15) is 0 Å². The molecule has 0 aromatic heterocycles. The Bertz CT molecular complexity index is 927. The second-order valence-electron chi connectivity index (χ2n) is 7.14. The summed E-state index contributed by atoms with van der Waals surface area (Å²) in [5.41, 5.74) is 0.997. The van der Waals surface area contributed by atoms with Gasteiger partial charge in [0.25, 0.3) is 17.7 Å². The van der Waals surface area contributed by atoms with E-state index in [0.29, 0.717) is 43.0 Å². The highest BCUT2D eigenvalue weighted by Gasteiger charge is 2.35. The topological polar surface area (TPSA) is 75.7 Å². The number of imide groups is 1. The summed E-state index contributed by atoms with van der Waals surface area (Å²) in [6, 6.07) is 10.4. The average molecular weight is 412 g/mol. The normalized spacial score (nSPS) is 12.8. The van der Waals surface area contributed by atoms with Crippen molar-refractivity contribution in [1.29, 1.82) is 0 Å². The molecule has 0 unspecified atom stereocenters. The zero-order valence-electron chi connectivity index (χ0n) is 16.9. The lowest BCUT2D eigenvalue weighted by molar-refractivity contribution is 0.0652. The molecule has 2 aromatic rings. The summed E-state index contributed by atoms with van der Waals surface area (Å²) in [7, 11) is 0. The molecule has 0 spiro atoms. The number of nitrogens with one attached hydrogen (secondary N) is 1. The number of hydrogen-bond acceptors (Lipinski definition) is 4. The molecular formula is C23H25FN2O4. The van der Waals surface area contributed by atoms with Crippen LogP contribution >= 0.6 is 0 Å². The molecule has 0 bridgehead atoms. The highest BCUT2D eigenvalue weighted by atomic mass is 19.1. The smallest absolute Gasteiger partial charge is 0.261 e. The van der Waals surface area contributed by atoms with E-state index in [0.717, 1.165) is 19.3 Å². The van der Waals surface area contributed by atoms with Crippen molar-refractivity contribution in [2.75, 3.05) is 19.7 Å². The van der Waals surface area contributed by atoms with Crippen molar-refractivity contribution in [3.63, 3.8) is 0 Å². The third-order valence-electron chi connectivity index (χ3n) is 4.91. The van der Waals surface area contributed by atoms with Gasteiger partial charge < -0.3 is 10.1 Å². The molecule has 1 heterocycles.